The van der Waals surface area contributed by atoms with Gasteiger partial charge in [-0.1, -0.05) is 26.8 Å². The summed E-state index contributed by atoms with van der Waals surface area (Å²) in [6.07, 6.45) is 6.21. The van der Waals surface area contributed by atoms with Gasteiger partial charge in [0.1, 0.15) is 6.29 Å². The van der Waals surface area contributed by atoms with Crippen molar-refractivity contribution in [3.8, 4) is 0 Å². The van der Waals surface area contributed by atoms with Crippen LogP contribution in [0.4, 0.5) is 0 Å². The molecule has 0 aromatic rings. The smallest absolute Gasteiger partial charge is 0.142 e. The maximum atomic E-state index is 10.0. The summed E-state index contributed by atoms with van der Waals surface area (Å²) in [7, 11) is 1.71. The average Bonchev–Trinajstić information content (AvgIpc) is 2.01. The van der Waals surface area contributed by atoms with Gasteiger partial charge in [-0.3, -0.25) is 4.79 Å². The van der Waals surface area contributed by atoms with E-state index in [-0.39, 0.29) is 11.5 Å². The Balaban J connectivity index is 3.89. The molecule has 0 aromatic carbocycles. The molecule has 1 unspecified atom stereocenters. The summed E-state index contributed by atoms with van der Waals surface area (Å²) in [5, 5.41) is 0. The van der Waals surface area contributed by atoms with E-state index in [2.05, 4.69) is 20.8 Å². The summed E-state index contributed by atoms with van der Waals surface area (Å²) < 4.78 is 5.31. The summed E-state index contributed by atoms with van der Waals surface area (Å²) in [5.74, 6) is 0. The molecule has 0 amide bonds. The Kier molecular flexibility index (Phi) is 5.63. The third kappa shape index (κ3) is 7.72. The lowest BCUT2D eigenvalue weighted by Gasteiger charge is -2.24. The normalized spacial score (nSPS) is 14.8. The van der Waals surface area contributed by atoms with Crippen LogP contribution in [0.3, 0.4) is 0 Å². The molecule has 0 radical (unpaired) electrons. The van der Waals surface area contributed by atoms with Crippen LogP contribution in [0.25, 0.3) is 0 Å². The van der Waals surface area contributed by atoms with Crippen molar-refractivity contribution >= 4 is 6.29 Å². The maximum Gasteiger partial charge on any atom is 0.142 e. The van der Waals surface area contributed by atoms with E-state index >= 15 is 0 Å². The Hall–Kier alpha value is -0.630. The molecule has 0 saturated heterocycles. The van der Waals surface area contributed by atoms with Gasteiger partial charge in [0, 0.05) is 7.11 Å². The van der Waals surface area contributed by atoms with Crippen LogP contribution in [0.15, 0.2) is 12.2 Å². The van der Waals surface area contributed by atoms with E-state index < -0.39 is 0 Å². The van der Waals surface area contributed by atoms with E-state index in [4.69, 9.17) is 4.74 Å². The highest BCUT2D eigenvalue weighted by Gasteiger charge is 2.16. The van der Waals surface area contributed by atoms with Gasteiger partial charge in [-0.05, 0) is 24.3 Å². The zero-order valence-electron chi connectivity index (χ0n) is 9.04. The van der Waals surface area contributed by atoms with Crippen LogP contribution in [0.2, 0.25) is 0 Å². The van der Waals surface area contributed by atoms with Crippen molar-refractivity contribution in [2.45, 2.75) is 39.7 Å². The molecule has 0 bridgehead atoms. The Bertz CT molecular complexity index is 165. The average molecular weight is 184 g/mol. The van der Waals surface area contributed by atoms with Gasteiger partial charge in [-0.2, -0.15) is 0 Å². The molecule has 0 heterocycles. The molecule has 13 heavy (non-hydrogen) atoms. The number of ether oxygens (including phenoxy) is 1. The van der Waals surface area contributed by atoms with Crippen molar-refractivity contribution in [2.75, 3.05) is 7.11 Å². The molecule has 0 N–H and O–H groups in total. The molecule has 2 nitrogen and oxygen atoms in total. The molecule has 0 saturated carbocycles. The first kappa shape index (κ1) is 12.4. The number of methoxy groups -OCH3 is 1. The van der Waals surface area contributed by atoms with Crippen molar-refractivity contribution < 1.29 is 9.53 Å². The lowest BCUT2D eigenvalue weighted by atomic mass is 9.88. The molecule has 0 spiro atoms. The minimum absolute atomic E-state index is 0.219. The topological polar surface area (TPSA) is 26.3 Å². The second-order valence-electron chi connectivity index (χ2n) is 4.42. The minimum Gasteiger partial charge on any atom is -0.381 e. The number of hydrogen-bond donors (Lipinski definition) is 0. The predicted octanol–water partition coefficient (Wildman–Crippen LogP) is 2.58. The van der Waals surface area contributed by atoms with Crippen molar-refractivity contribution in [3.63, 3.8) is 0 Å². The van der Waals surface area contributed by atoms with Crippen molar-refractivity contribution in [1.82, 2.24) is 0 Å². The molecule has 0 aromatic heterocycles. The fourth-order valence-corrected chi connectivity index (χ4v) is 1.23. The van der Waals surface area contributed by atoms with E-state index in [1.54, 1.807) is 7.11 Å². The fourth-order valence-electron chi connectivity index (χ4n) is 1.23. The zero-order chi connectivity index (χ0) is 10.3. The van der Waals surface area contributed by atoms with Crippen molar-refractivity contribution in [1.29, 1.82) is 0 Å². The van der Waals surface area contributed by atoms with Crippen LogP contribution >= 0.6 is 0 Å². The minimum atomic E-state index is 0.219. The number of rotatable bonds is 5. The molecule has 0 aliphatic rings. The first-order chi connectivity index (χ1) is 5.99. The van der Waals surface area contributed by atoms with Crippen LogP contribution in [0, 0.1) is 5.41 Å². The predicted molar refractivity (Wildman–Crippen MR) is 54.7 cm³/mol. The largest absolute Gasteiger partial charge is 0.381 e. The first-order valence-corrected chi connectivity index (χ1v) is 4.62. The van der Waals surface area contributed by atoms with Gasteiger partial charge in [0.05, 0.1) is 6.10 Å². The molecular weight excluding hydrogens is 164 g/mol. The highest BCUT2D eigenvalue weighted by Crippen LogP contribution is 2.23. The highest BCUT2D eigenvalue weighted by atomic mass is 16.5. The molecule has 1 atom stereocenters. The number of aldehydes is 1. The molecule has 76 valence electrons. The van der Waals surface area contributed by atoms with Gasteiger partial charge >= 0.3 is 0 Å². The number of hydrogen-bond acceptors (Lipinski definition) is 2. The number of carbonyl (C=O) groups is 1. The van der Waals surface area contributed by atoms with Gasteiger partial charge in [0.2, 0.25) is 0 Å². The van der Waals surface area contributed by atoms with Gasteiger partial charge in [0.25, 0.3) is 0 Å². The van der Waals surface area contributed by atoms with Crippen LogP contribution in [0.5, 0.6) is 0 Å². The Labute approximate surface area is 81.0 Å². The SMILES string of the molecule is COC(C/C=C/C=O)CC(C)(C)C. The highest BCUT2D eigenvalue weighted by molar-refractivity contribution is 5.64. The first-order valence-electron chi connectivity index (χ1n) is 4.62. The molecule has 0 aliphatic carbocycles. The quantitative estimate of drug-likeness (QED) is 0.485. The summed E-state index contributed by atoms with van der Waals surface area (Å²) in [4.78, 5) is 10.0. The Morgan fingerprint density at radius 1 is 1.38 bits per heavy atom. The van der Waals surface area contributed by atoms with Gasteiger partial charge in [-0.15, -0.1) is 0 Å². The molecule has 0 aliphatic heterocycles. The monoisotopic (exact) mass is 184 g/mol. The summed E-state index contributed by atoms with van der Waals surface area (Å²) in [6, 6.07) is 0. The van der Waals surface area contributed by atoms with Crippen LogP contribution in [-0.4, -0.2) is 19.5 Å². The summed E-state index contributed by atoms with van der Waals surface area (Å²) in [6.45, 7) is 6.55. The van der Waals surface area contributed by atoms with Crippen molar-refractivity contribution in [3.05, 3.63) is 12.2 Å². The van der Waals surface area contributed by atoms with Crippen molar-refractivity contribution in [2.24, 2.45) is 5.41 Å². The van der Waals surface area contributed by atoms with E-state index in [0.29, 0.717) is 0 Å². The molecule has 0 rings (SSSR count). The van der Waals surface area contributed by atoms with E-state index in [9.17, 15) is 4.79 Å². The zero-order valence-corrected chi connectivity index (χ0v) is 9.04. The standard InChI is InChI=1S/C11H20O2/c1-11(2,3)9-10(13-4)7-5-6-8-12/h5-6,8,10H,7,9H2,1-4H3/b6-5+. The maximum absolute atomic E-state index is 10.0. The van der Waals surface area contributed by atoms with Gasteiger partial charge in [0.15, 0.2) is 0 Å². The third-order valence-corrected chi connectivity index (χ3v) is 1.79. The van der Waals surface area contributed by atoms with Crippen LogP contribution in [-0.2, 0) is 9.53 Å². The number of allylic oxidation sites excluding steroid dienone is 1. The Morgan fingerprint density at radius 2 is 2.00 bits per heavy atom. The molecule has 2 heteroatoms. The lowest BCUT2D eigenvalue weighted by molar-refractivity contribution is -0.104. The van der Waals surface area contributed by atoms with E-state index in [1.165, 1.54) is 6.08 Å². The summed E-state index contributed by atoms with van der Waals surface area (Å²) in [5.41, 5.74) is 0.274. The molecular formula is C11H20O2. The fraction of sp³-hybridized carbons (Fsp3) is 0.727. The lowest BCUT2D eigenvalue weighted by Crippen LogP contribution is -2.19. The Morgan fingerprint density at radius 3 is 2.38 bits per heavy atom. The third-order valence-electron chi connectivity index (χ3n) is 1.79. The second-order valence-corrected chi connectivity index (χ2v) is 4.42. The van der Waals surface area contributed by atoms with Gasteiger partial charge in [-0.25, -0.2) is 0 Å². The van der Waals surface area contributed by atoms with Gasteiger partial charge < -0.3 is 4.74 Å². The number of carbonyl (C=O) groups excluding carboxylic acids is 1. The second kappa shape index (κ2) is 5.92. The van der Waals surface area contributed by atoms with Crippen LogP contribution < -0.4 is 0 Å². The molecule has 0 fully saturated rings. The van der Waals surface area contributed by atoms with Crippen LogP contribution in [0.1, 0.15) is 33.6 Å². The van der Waals surface area contributed by atoms with E-state index in [0.717, 1.165) is 19.1 Å². The summed E-state index contributed by atoms with van der Waals surface area (Å²) >= 11 is 0. The van der Waals surface area contributed by atoms with E-state index in [1.807, 2.05) is 6.08 Å².